The maximum Gasteiger partial charge on any atom is 0.242 e. The third-order valence-corrected chi connectivity index (χ3v) is 5.92. The summed E-state index contributed by atoms with van der Waals surface area (Å²) < 4.78 is 1.16. The molecule has 2 aromatic rings. The van der Waals surface area contributed by atoms with Crippen molar-refractivity contribution in [2.45, 2.75) is 31.5 Å². The number of likely N-dealkylation sites (N-methyl/N-ethyl adjacent to an activating group) is 1. The number of rotatable bonds is 6. The minimum Gasteiger partial charge on any atom is -0.386 e. The topological polar surface area (TPSA) is 56.7 Å². The number of aliphatic hydroxyl groups excluding tert-OH is 1. The molecule has 1 aliphatic rings. The van der Waals surface area contributed by atoms with Crippen LogP contribution in [-0.2, 0) is 11.3 Å². The van der Waals surface area contributed by atoms with Gasteiger partial charge in [-0.3, -0.25) is 14.7 Å². The summed E-state index contributed by atoms with van der Waals surface area (Å²) in [5.74, 6) is 0.000233. The minimum absolute atomic E-state index is 0.000233. The number of hydrogen-bond acceptors (Lipinski definition) is 4. The van der Waals surface area contributed by atoms with E-state index in [-0.39, 0.29) is 5.91 Å². The molecule has 0 bridgehead atoms. The van der Waals surface area contributed by atoms with E-state index in [0.29, 0.717) is 12.1 Å². The highest BCUT2D eigenvalue weighted by Crippen LogP contribution is 2.25. The van der Waals surface area contributed by atoms with E-state index in [1.807, 2.05) is 29.0 Å². The van der Waals surface area contributed by atoms with Crippen molar-refractivity contribution in [1.82, 2.24) is 14.8 Å². The first-order valence-electron chi connectivity index (χ1n) is 8.88. The number of benzene rings is 1. The van der Waals surface area contributed by atoms with Crippen LogP contribution in [0.15, 0.2) is 48.8 Å². The molecule has 138 valence electrons. The summed E-state index contributed by atoms with van der Waals surface area (Å²) in [6, 6.07) is 11.1. The first-order chi connectivity index (χ1) is 12.6. The molecule has 1 aromatic carbocycles. The minimum atomic E-state index is -0.891. The lowest BCUT2D eigenvalue weighted by molar-refractivity contribution is -0.140. The maximum atomic E-state index is 13.2. The average molecular weight is 465 g/mol. The predicted octanol–water partition coefficient (Wildman–Crippen LogP) is 2.84. The number of hydrogen-bond donors (Lipinski definition) is 1. The number of carbonyl (C=O) groups is 1. The molecule has 1 fully saturated rings. The maximum absolute atomic E-state index is 13.2. The molecule has 26 heavy (non-hydrogen) atoms. The average Bonchev–Trinajstić information content (AvgIpc) is 3.19. The van der Waals surface area contributed by atoms with Crippen molar-refractivity contribution in [3.63, 3.8) is 0 Å². The van der Waals surface area contributed by atoms with E-state index in [1.165, 1.54) is 0 Å². The number of amides is 1. The molecule has 0 saturated carbocycles. The second kappa shape index (κ2) is 8.92. The van der Waals surface area contributed by atoms with Crippen LogP contribution in [0, 0.1) is 3.57 Å². The Morgan fingerprint density at radius 1 is 1.23 bits per heavy atom. The van der Waals surface area contributed by atoms with Gasteiger partial charge in [0.25, 0.3) is 0 Å². The Balaban J connectivity index is 1.86. The summed E-state index contributed by atoms with van der Waals surface area (Å²) in [6.07, 6.45) is 4.47. The van der Waals surface area contributed by atoms with Gasteiger partial charge in [0.05, 0.1) is 0 Å². The van der Waals surface area contributed by atoms with Gasteiger partial charge in [-0.1, -0.05) is 18.2 Å². The SMILES string of the molecule is CN(Cc1ccccc1I)[C@@H](C(=O)N1CCCC1)[C@@H](O)c1ccncc1. The van der Waals surface area contributed by atoms with Crippen molar-refractivity contribution in [2.24, 2.45) is 0 Å². The van der Waals surface area contributed by atoms with Crippen molar-refractivity contribution >= 4 is 28.5 Å². The number of carbonyl (C=O) groups excluding carboxylic acids is 1. The highest BCUT2D eigenvalue weighted by atomic mass is 127. The molecule has 2 atom stereocenters. The summed E-state index contributed by atoms with van der Waals surface area (Å²) in [4.78, 5) is 21.0. The summed E-state index contributed by atoms with van der Waals surface area (Å²) in [7, 11) is 1.91. The van der Waals surface area contributed by atoms with Gasteiger partial charge in [-0.05, 0) is 71.8 Å². The molecule has 5 nitrogen and oxygen atoms in total. The van der Waals surface area contributed by atoms with Crippen LogP contribution in [0.5, 0.6) is 0 Å². The van der Waals surface area contributed by atoms with Crippen molar-refractivity contribution in [1.29, 1.82) is 0 Å². The molecule has 0 unspecified atom stereocenters. The van der Waals surface area contributed by atoms with E-state index in [2.05, 4.69) is 39.7 Å². The predicted molar refractivity (Wildman–Crippen MR) is 109 cm³/mol. The first-order valence-corrected chi connectivity index (χ1v) is 9.96. The third-order valence-electron chi connectivity index (χ3n) is 4.87. The van der Waals surface area contributed by atoms with E-state index in [0.717, 1.165) is 35.1 Å². The van der Waals surface area contributed by atoms with Crippen molar-refractivity contribution in [2.75, 3.05) is 20.1 Å². The van der Waals surface area contributed by atoms with Gasteiger partial charge < -0.3 is 10.0 Å². The summed E-state index contributed by atoms with van der Waals surface area (Å²) in [5, 5.41) is 11.0. The van der Waals surface area contributed by atoms with Crippen LogP contribution in [0.25, 0.3) is 0 Å². The van der Waals surface area contributed by atoms with Gasteiger partial charge in [0.2, 0.25) is 5.91 Å². The smallest absolute Gasteiger partial charge is 0.242 e. The molecular formula is C20H24IN3O2. The molecule has 0 aliphatic carbocycles. The van der Waals surface area contributed by atoms with Crippen LogP contribution >= 0.6 is 22.6 Å². The third kappa shape index (κ3) is 4.42. The van der Waals surface area contributed by atoms with Crippen LogP contribution in [0.4, 0.5) is 0 Å². The second-order valence-corrected chi connectivity index (χ2v) is 7.87. The van der Waals surface area contributed by atoms with Crippen LogP contribution in [0.2, 0.25) is 0 Å². The molecule has 1 amide bonds. The van der Waals surface area contributed by atoms with Crippen molar-refractivity contribution in [3.8, 4) is 0 Å². The molecule has 0 spiro atoms. The first kappa shape index (κ1) is 19.3. The zero-order chi connectivity index (χ0) is 18.5. The fourth-order valence-electron chi connectivity index (χ4n) is 3.43. The number of aliphatic hydroxyl groups is 1. The Bertz CT molecular complexity index is 735. The quantitative estimate of drug-likeness (QED) is 0.667. The van der Waals surface area contributed by atoms with E-state index in [1.54, 1.807) is 24.5 Å². The number of aromatic nitrogens is 1. The Hall–Kier alpha value is -1.51. The summed E-state index contributed by atoms with van der Waals surface area (Å²) >= 11 is 2.31. The Kier molecular flexibility index (Phi) is 6.61. The highest BCUT2D eigenvalue weighted by molar-refractivity contribution is 14.1. The lowest BCUT2D eigenvalue weighted by Crippen LogP contribution is -2.49. The van der Waals surface area contributed by atoms with Crippen LogP contribution in [0.3, 0.4) is 0 Å². The van der Waals surface area contributed by atoms with Gasteiger partial charge in [0.1, 0.15) is 12.1 Å². The van der Waals surface area contributed by atoms with Gasteiger partial charge >= 0.3 is 0 Å². The number of pyridine rings is 1. The molecular weight excluding hydrogens is 441 g/mol. The van der Waals surface area contributed by atoms with Crippen LogP contribution in [0.1, 0.15) is 30.1 Å². The molecule has 0 radical (unpaired) electrons. The van der Waals surface area contributed by atoms with Gasteiger partial charge in [0.15, 0.2) is 0 Å². The van der Waals surface area contributed by atoms with E-state index in [9.17, 15) is 9.90 Å². The lowest BCUT2D eigenvalue weighted by atomic mass is 10.00. The highest BCUT2D eigenvalue weighted by Gasteiger charge is 2.36. The van der Waals surface area contributed by atoms with Crippen molar-refractivity contribution < 1.29 is 9.90 Å². The zero-order valence-corrected chi connectivity index (χ0v) is 17.0. The van der Waals surface area contributed by atoms with Gasteiger partial charge in [-0.15, -0.1) is 0 Å². The fraction of sp³-hybridized carbons (Fsp3) is 0.400. The Morgan fingerprint density at radius 3 is 2.54 bits per heavy atom. The van der Waals surface area contributed by atoms with Gasteiger partial charge in [0, 0.05) is 35.6 Å². The molecule has 1 aliphatic heterocycles. The van der Waals surface area contributed by atoms with E-state index >= 15 is 0 Å². The number of likely N-dealkylation sites (tertiary alicyclic amines) is 1. The zero-order valence-electron chi connectivity index (χ0n) is 14.9. The molecule has 1 saturated heterocycles. The Labute approximate surface area is 168 Å². The van der Waals surface area contributed by atoms with Crippen molar-refractivity contribution in [3.05, 3.63) is 63.5 Å². The number of halogens is 1. The van der Waals surface area contributed by atoms with Gasteiger partial charge in [-0.2, -0.15) is 0 Å². The van der Waals surface area contributed by atoms with Crippen LogP contribution < -0.4 is 0 Å². The lowest BCUT2D eigenvalue weighted by Gasteiger charge is -2.34. The standard InChI is InChI=1S/C20H24IN3O2/c1-23(14-16-6-2-3-7-17(16)21)18(20(26)24-12-4-5-13-24)19(25)15-8-10-22-11-9-15/h2-3,6-11,18-19,25H,4-5,12-14H2,1H3/t18-,19+/m1/s1. The molecule has 6 heteroatoms. The normalized spacial score (nSPS) is 16.7. The fourth-order valence-corrected chi connectivity index (χ4v) is 3.98. The molecule has 2 heterocycles. The van der Waals surface area contributed by atoms with Gasteiger partial charge in [-0.25, -0.2) is 0 Å². The van der Waals surface area contributed by atoms with Crippen LogP contribution in [-0.4, -0.2) is 52.0 Å². The molecule has 3 rings (SSSR count). The number of nitrogens with zero attached hydrogens (tertiary/aromatic N) is 3. The van der Waals surface area contributed by atoms with E-state index < -0.39 is 12.1 Å². The monoisotopic (exact) mass is 465 g/mol. The second-order valence-electron chi connectivity index (χ2n) is 6.71. The molecule has 1 aromatic heterocycles. The largest absolute Gasteiger partial charge is 0.386 e. The summed E-state index contributed by atoms with van der Waals surface area (Å²) in [6.45, 7) is 2.15. The Morgan fingerprint density at radius 2 is 1.88 bits per heavy atom. The summed E-state index contributed by atoms with van der Waals surface area (Å²) in [5.41, 5.74) is 1.86. The van der Waals surface area contributed by atoms with E-state index in [4.69, 9.17) is 0 Å². The molecule has 1 N–H and O–H groups in total.